The number of methoxy groups -OCH3 is 1. The van der Waals surface area contributed by atoms with Crippen molar-refractivity contribution in [1.82, 2.24) is 9.29 Å². The number of carbonyl (C=O) groups excluding carboxylic acids is 1. The number of fused-ring (bicyclic) bond motifs is 1. The highest BCUT2D eigenvalue weighted by Gasteiger charge is 2.29. The van der Waals surface area contributed by atoms with Crippen LogP contribution in [0.5, 0.6) is 23.0 Å². The molecule has 3 heterocycles. The molecule has 5 rings (SSSR count). The first-order valence-electron chi connectivity index (χ1n) is 11.3. The van der Waals surface area contributed by atoms with Gasteiger partial charge >= 0.3 is 0 Å². The molecule has 1 aromatic heterocycles. The summed E-state index contributed by atoms with van der Waals surface area (Å²) in [6, 6.07) is 12.9. The SMILES string of the molecule is COc1ccnc(NC(=O)c2cc(Oc3ccc(S(=O)(=O)N4CCC4)cc3)c3c(c2)OC(C)C3)c1. The van der Waals surface area contributed by atoms with Crippen LogP contribution in [0.3, 0.4) is 0 Å². The molecular weight excluding hydrogens is 470 g/mol. The molecule has 0 radical (unpaired) electrons. The topological polar surface area (TPSA) is 107 Å². The zero-order chi connectivity index (χ0) is 24.6. The van der Waals surface area contributed by atoms with E-state index in [1.165, 1.54) is 23.5 Å². The highest BCUT2D eigenvalue weighted by Crippen LogP contribution is 2.40. The lowest BCUT2D eigenvalue weighted by Gasteiger charge is -2.29. The van der Waals surface area contributed by atoms with Crippen molar-refractivity contribution in [2.45, 2.75) is 30.8 Å². The lowest BCUT2D eigenvalue weighted by molar-refractivity contribution is 0.102. The monoisotopic (exact) mass is 495 g/mol. The molecule has 10 heteroatoms. The quantitative estimate of drug-likeness (QED) is 0.530. The maximum absolute atomic E-state index is 13.0. The van der Waals surface area contributed by atoms with E-state index in [0.29, 0.717) is 53.9 Å². The Hall–Kier alpha value is -3.63. The number of nitrogens with one attached hydrogen (secondary N) is 1. The van der Waals surface area contributed by atoms with Crippen molar-refractivity contribution in [1.29, 1.82) is 0 Å². The first-order valence-corrected chi connectivity index (χ1v) is 12.7. The van der Waals surface area contributed by atoms with Gasteiger partial charge in [-0.2, -0.15) is 4.31 Å². The minimum atomic E-state index is -3.47. The van der Waals surface area contributed by atoms with Gasteiger partial charge < -0.3 is 19.5 Å². The number of amides is 1. The van der Waals surface area contributed by atoms with E-state index < -0.39 is 10.0 Å². The number of nitrogens with zero attached hydrogens (tertiary/aromatic N) is 2. The maximum Gasteiger partial charge on any atom is 0.257 e. The predicted molar refractivity (Wildman–Crippen MR) is 129 cm³/mol. The van der Waals surface area contributed by atoms with Gasteiger partial charge in [0.15, 0.2) is 0 Å². The van der Waals surface area contributed by atoms with Crippen molar-refractivity contribution in [3.05, 3.63) is 65.9 Å². The number of carbonyl (C=O) groups is 1. The van der Waals surface area contributed by atoms with Gasteiger partial charge in [-0.05, 0) is 55.8 Å². The Morgan fingerprint density at radius 3 is 2.57 bits per heavy atom. The molecular formula is C25H25N3O6S. The molecule has 0 saturated carbocycles. The standard InChI is InChI=1S/C25H25N3O6S/c1-16-12-21-22(33-16)13-17(25(29)27-24-15-19(32-2)8-9-26-24)14-23(21)34-18-4-6-20(7-5-18)35(30,31)28-10-3-11-28/h4-9,13-16H,3,10-12H2,1-2H3,(H,26,27,29). The summed E-state index contributed by atoms with van der Waals surface area (Å²) in [5, 5.41) is 2.76. The molecule has 9 nitrogen and oxygen atoms in total. The second-order valence-corrected chi connectivity index (χ2v) is 10.4. The number of hydrogen-bond donors (Lipinski definition) is 1. The lowest BCUT2D eigenvalue weighted by Crippen LogP contribution is -2.41. The first kappa shape index (κ1) is 23.1. The van der Waals surface area contributed by atoms with Crippen LogP contribution in [0.15, 0.2) is 59.6 Å². The van der Waals surface area contributed by atoms with Crippen LogP contribution in [-0.4, -0.2) is 49.9 Å². The number of pyridine rings is 1. The number of aromatic nitrogens is 1. The number of ether oxygens (including phenoxy) is 3. The Balaban J connectivity index is 1.40. The molecule has 182 valence electrons. The second kappa shape index (κ2) is 9.20. The number of rotatable bonds is 7. The van der Waals surface area contributed by atoms with Crippen LogP contribution in [-0.2, 0) is 16.4 Å². The van der Waals surface area contributed by atoms with Gasteiger partial charge in [-0.15, -0.1) is 0 Å². The summed E-state index contributed by atoms with van der Waals surface area (Å²) in [4.78, 5) is 17.4. The van der Waals surface area contributed by atoms with Gasteiger partial charge in [0.2, 0.25) is 10.0 Å². The molecule has 35 heavy (non-hydrogen) atoms. The van der Waals surface area contributed by atoms with Crippen molar-refractivity contribution in [3.8, 4) is 23.0 Å². The van der Waals surface area contributed by atoms with Gasteiger partial charge in [0.05, 0.1) is 12.0 Å². The third-order valence-electron chi connectivity index (χ3n) is 5.96. The first-order chi connectivity index (χ1) is 16.8. The van der Waals surface area contributed by atoms with Gasteiger partial charge in [0.1, 0.15) is 34.9 Å². The van der Waals surface area contributed by atoms with Gasteiger partial charge in [-0.1, -0.05) is 0 Å². The maximum atomic E-state index is 13.0. The van der Waals surface area contributed by atoms with E-state index in [2.05, 4.69) is 10.3 Å². The van der Waals surface area contributed by atoms with Crippen LogP contribution in [0.4, 0.5) is 5.82 Å². The van der Waals surface area contributed by atoms with E-state index in [-0.39, 0.29) is 16.9 Å². The average molecular weight is 496 g/mol. The number of benzene rings is 2. The van der Waals surface area contributed by atoms with Gasteiger partial charge in [-0.25, -0.2) is 13.4 Å². The van der Waals surface area contributed by atoms with Crippen LogP contribution < -0.4 is 19.5 Å². The summed E-state index contributed by atoms with van der Waals surface area (Å²) in [5.41, 5.74) is 1.19. The van der Waals surface area contributed by atoms with Crippen molar-refractivity contribution in [3.63, 3.8) is 0 Å². The highest BCUT2D eigenvalue weighted by molar-refractivity contribution is 7.89. The molecule has 1 amide bonds. The summed E-state index contributed by atoms with van der Waals surface area (Å²) >= 11 is 0. The van der Waals surface area contributed by atoms with Crippen LogP contribution in [0.1, 0.15) is 29.3 Å². The lowest BCUT2D eigenvalue weighted by atomic mass is 10.1. The van der Waals surface area contributed by atoms with Crippen molar-refractivity contribution >= 4 is 21.7 Å². The van der Waals surface area contributed by atoms with E-state index >= 15 is 0 Å². The fraction of sp³-hybridized carbons (Fsp3) is 0.280. The minimum Gasteiger partial charge on any atom is -0.497 e. The smallest absolute Gasteiger partial charge is 0.257 e. The largest absolute Gasteiger partial charge is 0.497 e. The minimum absolute atomic E-state index is 0.0604. The van der Waals surface area contributed by atoms with Crippen LogP contribution in [0.25, 0.3) is 0 Å². The average Bonchev–Trinajstić information content (AvgIpc) is 3.18. The summed E-state index contributed by atoms with van der Waals surface area (Å²) in [6.45, 7) is 3.04. The normalized spacial score (nSPS) is 17.1. The third kappa shape index (κ3) is 4.67. The summed E-state index contributed by atoms with van der Waals surface area (Å²) in [6.07, 6.45) is 2.99. The highest BCUT2D eigenvalue weighted by atomic mass is 32.2. The summed E-state index contributed by atoms with van der Waals surface area (Å²) < 4.78 is 43.8. The molecule has 1 atom stereocenters. The Kier molecular flexibility index (Phi) is 6.08. The summed E-state index contributed by atoms with van der Waals surface area (Å²) in [7, 11) is -1.93. The second-order valence-electron chi connectivity index (χ2n) is 8.45. The zero-order valence-corrected chi connectivity index (χ0v) is 20.2. The third-order valence-corrected chi connectivity index (χ3v) is 7.88. The van der Waals surface area contributed by atoms with E-state index in [1.807, 2.05) is 6.92 Å². The fourth-order valence-electron chi connectivity index (χ4n) is 3.97. The van der Waals surface area contributed by atoms with Crippen LogP contribution in [0, 0.1) is 0 Å². The number of hydrogen-bond acceptors (Lipinski definition) is 7. The van der Waals surface area contributed by atoms with E-state index in [0.717, 1.165) is 12.0 Å². The molecule has 1 fully saturated rings. The van der Waals surface area contributed by atoms with Crippen molar-refractivity contribution in [2.24, 2.45) is 0 Å². The van der Waals surface area contributed by atoms with Crippen molar-refractivity contribution in [2.75, 3.05) is 25.5 Å². The molecule has 2 aliphatic heterocycles. The fourth-order valence-corrected chi connectivity index (χ4v) is 5.49. The van der Waals surface area contributed by atoms with E-state index in [1.54, 1.807) is 42.6 Å². The molecule has 1 unspecified atom stereocenters. The van der Waals surface area contributed by atoms with Gasteiger partial charge in [0, 0.05) is 42.9 Å². The van der Waals surface area contributed by atoms with Gasteiger partial charge in [0.25, 0.3) is 5.91 Å². The van der Waals surface area contributed by atoms with Crippen LogP contribution in [0.2, 0.25) is 0 Å². The summed E-state index contributed by atoms with van der Waals surface area (Å²) in [5.74, 6) is 2.07. The Labute approximate surface area is 203 Å². The van der Waals surface area contributed by atoms with Gasteiger partial charge in [-0.3, -0.25) is 4.79 Å². The van der Waals surface area contributed by atoms with Crippen molar-refractivity contribution < 1.29 is 27.4 Å². The zero-order valence-electron chi connectivity index (χ0n) is 19.4. The Bertz CT molecular complexity index is 1370. The molecule has 2 aliphatic rings. The van der Waals surface area contributed by atoms with E-state index in [4.69, 9.17) is 14.2 Å². The molecule has 0 spiro atoms. The van der Waals surface area contributed by atoms with Crippen LogP contribution >= 0.6 is 0 Å². The Morgan fingerprint density at radius 1 is 1.11 bits per heavy atom. The Morgan fingerprint density at radius 2 is 1.89 bits per heavy atom. The van der Waals surface area contributed by atoms with E-state index in [9.17, 15) is 13.2 Å². The molecule has 0 aliphatic carbocycles. The number of anilines is 1. The molecule has 3 aromatic rings. The molecule has 2 aromatic carbocycles. The number of sulfonamides is 1. The molecule has 1 N–H and O–H groups in total. The predicted octanol–water partition coefficient (Wildman–Crippen LogP) is 3.85. The molecule has 1 saturated heterocycles. The molecule has 0 bridgehead atoms.